The molecule has 1 saturated heterocycles. The van der Waals surface area contributed by atoms with Crippen molar-refractivity contribution >= 4 is 0 Å². The van der Waals surface area contributed by atoms with Gasteiger partial charge in [0.05, 0.1) is 12.7 Å². The lowest BCUT2D eigenvalue weighted by atomic mass is 10.1. The zero-order valence-corrected chi connectivity index (χ0v) is 9.17. The minimum atomic E-state index is -0.809. The number of para-hydroxylation sites is 1. The van der Waals surface area contributed by atoms with Crippen molar-refractivity contribution in [3.8, 4) is 5.75 Å². The van der Waals surface area contributed by atoms with E-state index >= 15 is 0 Å². The number of aliphatic hydroxyl groups excluding tert-OH is 2. The Kier molecular flexibility index (Phi) is 3.43. The van der Waals surface area contributed by atoms with Crippen molar-refractivity contribution in [2.45, 2.75) is 31.8 Å². The third-order valence-corrected chi connectivity index (χ3v) is 2.68. The van der Waals surface area contributed by atoms with Crippen LogP contribution in [0.4, 0.5) is 0 Å². The maximum absolute atomic E-state index is 9.49. The third-order valence-electron chi connectivity index (χ3n) is 2.68. The molecule has 88 valence electrons. The van der Waals surface area contributed by atoms with Gasteiger partial charge in [-0.1, -0.05) is 18.2 Å². The van der Waals surface area contributed by atoms with E-state index in [2.05, 4.69) is 0 Å². The predicted octanol–water partition coefficient (Wildman–Crippen LogP) is 0.842. The van der Waals surface area contributed by atoms with E-state index in [9.17, 15) is 10.2 Å². The smallest absolute Gasteiger partial charge is 0.202 e. The number of hydrogen-bond acceptors (Lipinski definition) is 4. The first kappa shape index (κ1) is 11.4. The Morgan fingerprint density at radius 1 is 1.25 bits per heavy atom. The fraction of sp³-hybridized carbons (Fsp3) is 0.500. The lowest BCUT2D eigenvalue weighted by Gasteiger charge is -2.30. The molecule has 1 aliphatic rings. The standard InChI is InChI=1S/C12H16O4/c1-8-4-2-3-5-11(8)16-12-6-9(13)10(14)7-15-12/h2-5,9-10,12-14H,6-7H2,1H3. The van der Waals surface area contributed by atoms with Crippen LogP contribution in [0.3, 0.4) is 0 Å². The molecule has 2 N–H and O–H groups in total. The molecule has 1 fully saturated rings. The van der Waals surface area contributed by atoms with Gasteiger partial charge in [0.1, 0.15) is 11.9 Å². The number of hydrogen-bond donors (Lipinski definition) is 2. The second-order valence-corrected chi connectivity index (χ2v) is 4.02. The van der Waals surface area contributed by atoms with E-state index in [0.717, 1.165) is 11.3 Å². The molecule has 16 heavy (non-hydrogen) atoms. The number of rotatable bonds is 2. The highest BCUT2D eigenvalue weighted by molar-refractivity contribution is 5.31. The molecule has 0 spiro atoms. The molecular formula is C12H16O4. The highest BCUT2D eigenvalue weighted by Gasteiger charge is 2.29. The van der Waals surface area contributed by atoms with Crippen LogP contribution in [0.5, 0.6) is 5.75 Å². The van der Waals surface area contributed by atoms with Crippen molar-refractivity contribution in [2.75, 3.05) is 6.61 Å². The summed E-state index contributed by atoms with van der Waals surface area (Å²) in [5.74, 6) is 0.746. The Morgan fingerprint density at radius 2 is 2.00 bits per heavy atom. The maximum Gasteiger partial charge on any atom is 0.202 e. The fourth-order valence-electron chi connectivity index (χ4n) is 1.65. The molecule has 4 nitrogen and oxygen atoms in total. The molecule has 1 aromatic carbocycles. The van der Waals surface area contributed by atoms with Gasteiger partial charge in [0.15, 0.2) is 0 Å². The van der Waals surface area contributed by atoms with Crippen LogP contribution in [-0.4, -0.2) is 35.3 Å². The van der Waals surface area contributed by atoms with Crippen LogP contribution < -0.4 is 4.74 Å². The molecule has 0 aromatic heterocycles. The lowest BCUT2D eigenvalue weighted by Crippen LogP contribution is -2.43. The lowest BCUT2D eigenvalue weighted by molar-refractivity contribution is -0.182. The summed E-state index contributed by atoms with van der Waals surface area (Å²) in [5, 5.41) is 18.8. The Morgan fingerprint density at radius 3 is 2.69 bits per heavy atom. The van der Waals surface area contributed by atoms with Gasteiger partial charge in [0, 0.05) is 6.42 Å². The summed E-state index contributed by atoms with van der Waals surface area (Å²) in [4.78, 5) is 0. The zero-order chi connectivity index (χ0) is 11.5. The van der Waals surface area contributed by atoms with E-state index in [-0.39, 0.29) is 13.0 Å². The summed E-state index contributed by atoms with van der Waals surface area (Å²) in [5.41, 5.74) is 1.02. The van der Waals surface area contributed by atoms with Crippen molar-refractivity contribution in [3.05, 3.63) is 29.8 Å². The minimum Gasteiger partial charge on any atom is -0.465 e. The normalized spacial score (nSPS) is 30.1. The Labute approximate surface area is 94.4 Å². The summed E-state index contributed by atoms with van der Waals surface area (Å²) >= 11 is 0. The monoisotopic (exact) mass is 224 g/mol. The molecule has 0 amide bonds. The van der Waals surface area contributed by atoms with Crippen LogP contribution in [0.15, 0.2) is 24.3 Å². The largest absolute Gasteiger partial charge is 0.465 e. The topological polar surface area (TPSA) is 58.9 Å². The SMILES string of the molecule is Cc1ccccc1OC1CC(O)C(O)CO1. The molecule has 3 atom stereocenters. The highest BCUT2D eigenvalue weighted by atomic mass is 16.7. The summed E-state index contributed by atoms with van der Waals surface area (Å²) in [6.07, 6.45) is -1.78. The molecule has 3 unspecified atom stereocenters. The summed E-state index contributed by atoms with van der Waals surface area (Å²) < 4.78 is 10.9. The Hall–Kier alpha value is -1.10. The number of aryl methyl sites for hydroxylation is 1. The molecule has 4 heteroatoms. The first-order valence-corrected chi connectivity index (χ1v) is 5.37. The van der Waals surface area contributed by atoms with E-state index in [4.69, 9.17) is 9.47 Å². The van der Waals surface area contributed by atoms with E-state index in [1.165, 1.54) is 0 Å². The van der Waals surface area contributed by atoms with Crippen LogP contribution in [0.2, 0.25) is 0 Å². The van der Waals surface area contributed by atoms with Gasteiger partial charge in [-0.3, -0.25) is 0 Å². The van der Waals surface area contributed by atoms with Gasteiger partial charge in [-0.2, -0.15) is 0 Å². The summed E-state index contributed by atoms with van der Waals surface area (Å²) in [6, 6.07) is 7.62. The van der Waals surface area contributed by atoms with Crippen molar-refractivity contribution in [1.82, 2.24) is 0 Å². The first-order valence-electron chi connectivity index (χ1n) is 5.37. The first-order chi connectivity index (χ1) is 7.66. The quantitative estimate of drug-likeness (QED) is 0.781. The second-order valence-electron chi connectivity index (χ2n) is 4.02. The molecule has 2 rings (SSSR count). The predicted molar refractivity (Wildman–Crippen MR) is 58.2 cm³/mol. The summed E-state index contributed by atoms with van der Waals surface area (Å²) in [7, 11) is 0. The molecule has 0 radical (unpaired) electrons. The summed E-state index contributed by atoms with van der Waals surface area (Å²) in [6.45, 7) is 2.06. The van der Waals surface area contributed by atoms with E-state index < -0.39 is 18.5 Å². The maximum atomic E-state index is 9.49. The average Bonchev–Trinajstić information content (AvgIpc) is 2.27. The van der Waals surface area contributed by atoms with Crippen molar-refractivity contribution in [3.63, 3.8) is 0 Å². The van der Waals surface area contributed by atoms with E-state index in [1.54, 1.807) is 0 Å². The number of aliphatic hydroxyl groups is 2. The molecule has 0 saturated carbocycles. The molecule has 1 aliphatic heterocycles. The van der Waals surface area contributed by atoms with Crippen LogP contribution in [0.25, 0.3) is 0 Å². The van der Waals surface area contributed by atoms with E-state index in [0.29, 0.717) is 0 Å². The van der Waals surface area contributed by atoms with Gasteiger partial charge in [0.25, 0.3) is 0 Å². The van der Waals surface area contributed by atoms with Gasteiger partial charge in [-0.15, -0.1) is 0 Å². The molecule has 0 bridgehead atoms. The highest BCUT2D eigenvalue weighted by Crippen LogP contribution is 2.22. The second kappa shape index (κ2) is 4.82. The van der Waals surface area contributed by atoms with Crippen molar-refractivity contribution in [2.24, 2.45) is 0 Å². The van der Waals surface area contributed by atoms with Gasteiger partial charge < -0.3 is 19.7 Å². The van der Waals surface area contributed by atoms with Gasteiger partial charge in [-0.05, 0) is 18.6 Å². The van der Waals surface area contributed by atoms with Crippen LogP contribution in [-0.2, 0) is 4.74 Å². The number of ether oxygens (including phenoxy) is 2. The molecule has 1 aromatic rings. The third kappa shape index (κ3) is 2.52. The minimum absolute atomic E-state index is 0.109. The average molecular weight is 224 g/mol. The molecular weight excluding hydrogens is 208 g/mol. The molecule has 1 heterocycles. The van der Waals surface area contributed by atoms with Gasteiger partial charge in [-0.25, -0.2) is 0 Å². The van der Waals surface area contributed by atoms with Crippen molar-refractivity contribution in [1.29, 1.82) is 0 Å². The zero-order valence-electron chi connectivity index (χ0n) is 9.17. The van der Waals surface area contributed by atoms with Gasteiger partial charge in [0.2, 0.25) is 6.29 Å². The van der Waals surface area contributed by atoms with Gasteiger partial charge >= 0.3 is 0 Å². The molecule has 0 aliphatic carbocycles. The van der Waals surface area contributed by atoms with Crippen LogP contribution in [0.1, 0.15) is 12.0 Å². The number of benzene rings is 1. The van der Waals surface area contributed by atoms with Crippen LogP contribution >= 0.6 is 0 Å². The Bertz CT molecular complexity index is 353. The fourth-order valence-corrected chi connectivity index (χ4v) is 1.65. The van der Waals surface area contributed by atoms with Crippen LogP contribution in [0, 0.1) is 6.92 Å². The van der Waals surface area contributed by atoms with E-state index in [1.807, 2.05) is 31.2 Å². The Balaban J connectivity index is 1.98. The van der Waals surface area contributed by atoms with Crippen molar-refractivity contribution < 1.29 is 19.7 Å².